The van der Waals surface area contributed by atoms with Gasteiger partial charge in [-0.05, 0) is 50.5 Å². The van der Waals surface area contributed by atoms with Gasteiger partial charge in [0.1, 0.15) is 11.3 Å². The van der Waals surface area contributed by atoms with Crippen molar-refractivity contribution < 1.29 is 9.53 Å². The van der Waals surface area contributed by atoms with E-state index in [1.54, 1.807) is 36.7 Å². The van der Waals surface area contributed by atoms with Crippen molar-refractivity contribution in [2.75, 3.05) is 7.11 Å². The van der Waals surface area contributed by atoms with E-state index >= 15 is 0 Å². The first-order valence-electron chi connectivity index (χ1n) is 8.94. The Hall–Kier alpha value is -2.40. The van der Waals surface area contributed by atoms with Gasteiger partial charge in [-0.25, -0.2) is 0 Å². The molecule has 1 heterocycles. The summed E-state index contributed by atoms with van der Waals surface area (Å²) in [6.45, 7) is 3.47. The van der Waals surface area contributed by atoms with E-state index in [1.165, 1.54) is 7.11 Å². The van der Waals surface area contributed by atoms with Crippen LogP contribution < -0.4 is 5.49 Å². The van der Waals surface area contributed by atoms with Gasteiger partial charge in [0.05, 0.1) is 17.9 Å². The van der Waals surface area contributed by atoms with Crippen molar-refractivity contribution >= 4 is 23.4 Å². The SMILES string of the molecule is COC(=O)C(C)(C)c1cccn(C(=N)C2(c3ccc(Cl)cc3)CCC2)c1=N. The number of esters is 1. The highest BCUT2D eigenvalue weighted by molar-refractivity contribution is 6.30. The fraction of sp³-hybridized carbons (Fsp3) is 0.381. The topological polar surface area (TPSA) is 78.9 Å². The molecular weight excluding hydrogens is 362 g/mol. The Bertz CT molecular complexity index is 941. The summed E-state index contributed by atoms with van der Waals surface area (Å²) >= 11 is 6.03. The van der Waals surface area contributed by atoms with Crippen LogP contribution in [-0.2, 0) is 20.4 Å². The van der Waals surface area contributed by atoms with Crippen LogP contribution >= 0.6 is 11.6 Å². The lowest BCUT2D eigenvalue weighted by Gasteiger charge is -2.43. The van der Waals surface area contributed by atoms with E-state index < -0.39 is 16.8 Å². The Morgan fingerprint density at radius 2 is 1.85 bits per heavy atom. The monoisotopic (exact) mass is 385 g/mol. The Balaban J connectivity index is 2.07. The van der Waals surface area contributed by atoms with Crippen molar-refractivity contribution in [1.29, 1.82) is 10.8 Å². The number of ether oxygens (including phenoxy) is 1. The minimum absolute atomic E-state index is 0.137. The normalized spacial score (nSPS) is 15.7. The molecule has 1 aliphatic rings. The van der Waals surface area contributed by atoms with Crippen LogP contribution in [-0.4, -0.2) is 23.5 Å². The number of halogens is 1. The van der Waals surface area contributed by atoms with Gasteiger partial charge in [-0.15, -0.1) is 0 Å². The minimum Gasteiger partial charge on any atom is -0.468 e. The number of pyridine rings is 1. The molecular formula is C21H24ClN3O2. The molecule has 1 aromatic heterocycles. The molecule has 2 N–H and O–H groups in total. The molecule has 1 aliphatic carbocycles. The van der Waals surface area contributed by atoms with E-state index in [-0.39, 0.29) is 5.49 Å². The second kappa shape index (κ2) is 6.97. The van der Waals surface area contributed by atoms with Gasteiger partial charge in [-0.1, -0.05) is 36.2 Å². The first-order valence-corrected chi connectivity index (χ1v) is 9.32. The fourth-order valence-electron chi connectivity index (χ4n) is 3.76. The molecule has 2 aromatic rings. The van der Waals surface area contributed by atoms with E-state index in [9.17, 15) is 4.79 Å². The molecule has 0 radical (unpaired) electrons. The molecule has 0 aliphatic heterocycles. The van der Waals surface area contributed by atoms with Gasteiger partial charge in [0.2, 0.25) is 0 Å². The van der Waals surface area contributed by atoms with Crippen LogP contribution in [0.25, 0.3) is 0 Å². The molecule has 1 fully saturated rings. The van der Waals surface area contributed by atoms with Crippen molar-refractivity contribution in [3.63, 3.8) is 0 Å². The Morgan fingerprint density at radius 3 is 2.37 bits per heavy atom. The third-order valence-corrected chi connectivity index (χ3v) is 5.91. The number of rotatable bonds is 4. The van der Waals surface area contributed by atoms with E-state index in [0.29, 0.717) is 16.4 Å². The summed E-state index contributed by atoms with van der Waals surface area (Å²) in [6, 6.07) is 11.1. The molecule has 0 spiro atoms. The lowest BCUT2D eigenvalue weighted by atomic mass is 9.63. The second-order valence-corrected chi connectivity index (χ2v) is 7.98. The molecule has 142 valence electrons. The van der Waals surface area contributed by atoms with Crippen LogP contribution in [0.1, 0.15) is 44.2 Å². The standard InChI is InChI=1S/C21H24ClN3O2/c1-20(2,19(26)27-3)16-6-4-13-25(17(16)23)18(24)21(11-5-12-21)14-7-9-15(22)10-8-14/h4,6-10,13,23-24H,5,11-12H2,1-3H3. The fourth-order valence-corrected chi connectivity index (χ4v) is 3.88. The summed E-state index contributed by atoms with van der Waals surface area (Å²) in [6.07, 6.45) is 4.46. The summed E-state index contributed by atoms with van der Waals surface area (Å²) < 4.78 is 6.48. The smallest absolute Gasteiger partial charge is 0.315 e. The first kappa shape index (κ1) is 19.4. The van der Waals surface area contributed by atoms with Crippen LogP contribution in [0.3, 0.4) is 0 Å². The van der Waals surface area contributed by atoms with Gasteiger partial charge >= 0.3 is 5.97 Å². The largest absolute Gasteiger partial charge is 0.468 e. The highest BCUT2D eigenvalue weighted by Gasteiger charge is 2.44. The highest BCUT2D eigenvalue weighted by Crippen LogP contribution is 2.45. The number of nitrogens with zero attached hydrogens (tertiary/aromatic N) is 1. The van der Waals surface area contributed by atoms with Crippen LogP contribution in [0, 0.1) is 10.8 Å². The Labute approximate surface area is 164 Å². The van der Waals surface area contributed by atoms with Crippen molar-refractivity contribution in [2.24, 2.45) is 0 Å². The zero-order chi connectivity index (χ0) is 19.8. The zero-order valence-corrected chi connectivity index (χ0v) is 16.6. The molecule has 27 heavy (non-hydrogen) atoms. The number of hydrogen-bond donors (Lipinski definition) is 2. The summed E-state index contributed by atoms with van der Waals surface area (Å²) in [7, 11) is 1.34. The number of carbonyl (C=O) groups is 1. The van der Waals surface area contributed by atoms with Gasteiger partial charge in [-0.2, -0.15) is 0 Å². The molecule has 6 heteroatoms. The molecule has 1 aromatic carbocycles. The minimum atomic E-state index is -0.970. The molecule has 0 saturated heterocycles. The predicted octanol–water partition coefficient (Wildman–Crippen LogP) is 4.02. The molecule has 0 unspecified atom stereocenters. The molecule has 1 saturated carbocycles. The second-order valence-electron chi connectivity index (χ2n) is 7.55. The van der Waals surface area contributed by atoms with Crippen molar-refractivity contribution in [2.45, 2.75) is 43.9 Å². The molecule has 0 atom stereocenters. The number of carbonyl (C=O) groups excluding carboxylic acids is 1. The summed E-state index contributed by atoms with van der Waals surface area (Å²) in [5.41, 5.74) is 0.305. The predicted molar refractivity (Wildman–Crippen MR) is 105 cm³/mol. The summed E-state index contributed by atoms with van der Waals surface area (Å²) in [4.78, 5) is 12.2. The van der Waals surface area contributed by atoms with E-state index in [0.717, 1.165) is 24.8 Å². The van der Waals surface area contributed by atoms with Gasteiger partial charge < -0.3 is 4.74 Å². The maximum Gasteiger partial charge on any atom is 0.315 e. The molecule has 3 rings (SSSR count). The first-order chi connectivity index (χ1) is 12.7. The van der Waals surface area contributed by atoms with Crippen LogP contribution in [0.4, 0.5) is 0 Å². The van der Waals surface area contributed by atoms with Crippen LogP contribution in [0.2, 0.25) is 5.02 Å². The number of nitrogens with one attached hydrogen (secondary N) is 2. The maximum absolute atomic E-state index is 12.2. The number of methoxy groups -OCH3 is 1. The van der Waals surface area contributed by atoms with Gasteiger partial charge in [-0.3, -0.25) is 20.2 Å². The Morgan fingerprint density at radius 1 is 1.22 bits per heavy atom. The van der Waals surface area contributed by atoms with Crippen molar-refractivity contribution in [1.82, 2.24) is 4.57 Å². The van der Waals surface area contributed by atoms with Crippen molar-refractivity contribution in [3.05, 3.63) is 64.2 Å². The van der Waals surface area contributed by atoms with E-state index in [1.807, 2.05) is 24.3 Å². The number of aromatic nitrogens is 1. The quantitative estimate of drug-likeness (QED) is 0.473. The average Bonchev–Trinajstić information content (AvgIpc) is 2.61. The van der Waals surface area contributed by atoms with E-state index in [4.69, 9.17) is 27.2 Å². The maximum atomic E-state index is 12.2. The summed E-state index contributed by atoms with van der Waals surface area (Å²) in [5.74, 6) is -0.0556. The molecule has 0 amide bonds. The average molecular weight is 386 g/mol. The van der Waals surface area contributed by atoms with Crippen LogP contribution in [0.5, 0.6) is 0 Å². The summed E-state index contributed by atoms with van der Waals surface area (Å²) in [5, 5.41) is 18.2. The molecule has 5 nitrogen and oxygen atoms in total. The number of hydrogen-bond acceptors (Lipinski definition) is 4. The zero-order valence-electron chi connectivity index (χ0n) is 15.8. The van der Waals surface area contributed by atoms with Crippen molar-refractivity contribution in [3.8, 4) is 0 Å². The highest BCUT2D eigenvalue weighted by atomic mass is 35.5. The lowest BCUT2D eigenvalue weighted by molar-refractivity contribution is -0.146. The third-order valence-electron chi connectivity index (χ3n) is 5.66. The van der Waals surface area contributed by atoms with Gasteiger partial charge in [0, 0.05) is 16.8 Å². The lowest BCUT2D eigenvalue weighted by Crippen LogP contribution is -2.49. The van der Waals surface area contributed by atoms with E-state index in [2.05, 4.69) is 0 Å². The van der Waals surface area contributed by atoms with Gasteiger partial charge in [0.15, 0.2) is 0 Å². The van der Waals surface area contributed by atoms with Gasteiger partial charge in [0.25, 0.3) is 0 Å². The number of benzene rings is 1. The Kier molecular flexibility index (Phi) is 5.00. The third kappa shape index (κ3) is 3.10. The molecule has 0 bridgehead atoms. The van der Waals surface area contributed by atoms with Crippen LogP contribution in [0.15, 0.2) is 42.6 Å².